The van der Waals surface area contributed by atoms with Gasteiger partial charge in [-0.15, -0.1) is 0 Å². The van der Waals surface area contributed by atoms with Crippen LogP contribution in [0.25, 0.3) is 0 Å². The first-order chi connectivity index (χ1) is 5.99. The quantitative estimate of drug-likeness (QED) is 0.714. The normalized spacial score (nSPS) is 24.2. The van der Waals surface area contributed by atoms with Gasteiger partial charge >= 0.3 is 0 Å². The van der Waals surface area contributed by atoms with Gasteiger partial charge in [0.1, 0.15) is 0 Å². The lowest BCUT2D eigenvalue weighted by Crippen LogP contribution is -2.47. The Morgan fingerprint density at radius 2 is 2.23 bits per heavy atom. The second kappa shape index (κ2) is 3.66. The van der Waals surface area contributed by atoms with Gasteiger partial charge in [0.2, 0.25) is 5.91 Å². The van der Waals surface area contributed by atoms with Gasteiger partial charge in [-0.05, 0) is 26.7 Å². The molecule has 1 unspecified atom stereocenters. The van der Waals surface area contributed by atoms with E-state index in [9.17, 15) is 4.79 Å². The lowest BCUT2D eigenvalue weighted by Gasteiger charge is -2.35. The number of nitrogens with two attached hydrogens (primary N) is 1. The molecule has 0 radical (unpaired) electrons. The Bertz CT molecular complexity index is 201. The molecule has 1 atom stereocenters. The van der Waals surface area contributed by atoms with Gasteiger partial charge in [-0.25, -0.2) is 0 Å². The summed E-state index contributed by atoms with van der Waals surface area (Å²) in [5.41, 5.74) is 5.66. The van der Waals surface area contributed by atoms with Crippen LogP contribution in [-0.4, -0.2) is 28.9 Å². The molecule has 0 bridgehead atoms. The van der Waals surface area contributed by atoms with Gasteiger partial charge in [0.15, 0.2) is 0 Å². The van der Waals surface area contributed by atoms with Crippen LogP contribution in [0.5, 0.6) is 0 Å². The van der Waals surface area contributed by atoms with Crippen molar-refractivity contribution in [3.8, 4) is 0 Å². The molecule has 1 aliphatic heterocycles. The molecular weight excluding hydrogens is 164 g/mol. The Hall–Kier alpha value is -0.570. The number of rotatable bonds is 3. The topological polar surface area (TPSA) is 46.3 Å². The first-order valence-corrected chi connectivity index (χ1v) is 5.06. The molecule has 0 aromatic heterocycles. The molecular formula is C10H20N2O. The first kappa shape index (κ1) is 10.5. The average molecular weight is 184 g/mol. The summed E-state index contributed by atoms with van der Waals surface area (Å²) in [5.74, 6) is 0.124. The van der Waals surface area contributed by atoms with Gasteiger partial charge in [-0.3, -0.25) is 4.79 Å². The number of amides is 1. The summed E-state index contributed by atoms with van der Waals surface area (Å²) in [6.45, 7) is 7.20. The Morgan fingerprint density at radius 1 is 1.62 bits per heavy atom. The maximum Gasteiger partial charge on any atom is 0.239 e. The summed E-state index contributed by atoms with van der Waals surface area (Å²) in [7, 11) is 0. The number of nitrogens with zero attached hydrogens (tertiary/aromatic N) is 1. The molecule has 3 nitrogen and oxygen atoms in total. The van der Waals surface area contributed by atoms with E-state index >= 15 is 0 Å². The van der Waals surface area contributed by atoms with E-state index in [-0.39, 0.29) is 17.5 Å². The third kappa shape index (κ3) is 2.02. The Balaban J connectivity index is 2.66. The summed E-state index contributed by atoms with van der Waals surface area (Å²) in [6.07, 6.45) is 2.96. The minimum atomic E-state index is -0.254. The molecule has 0 aliphatic carbocycles. The summed E-state index contributed by atoms with van der Waals surface area (Å²) in [6, 6.07) is -0.254. The van der Waals surface area contributed by atoms with Crippen LogP contribution in [0.15, 0.2) is 0 Å². The fraction of sp³-hybridized carbons (Fsp3) is 0.900. The van der Waals surface area contributed by atoms with Crippen molar-refractivity contribution >= 4 is 5.91 Å². The summed E-state index contributed by atoms with van der Waals surface area (Å²) in [4.78, 5) is 13.6. The van der Waals surface area contributed by atoms with Crippen molar-refractivity contribution in [1.29, 1.82) is 0 Å². The van der Waals surface area contributed by atoms with E-state index in [1.54, 1.807) is 0 Å². The third-order valence-corrected chi connectivity index (χ3v) is 2.84. The van der Waals surface area contributed by atoms with E-state index in [1.807, 2.05) is 4.90 Å². The zero-order valence-electron chi connectivity index (χ0n) is 8.84. The molecule has 1 saturated heterocycles. The molecule has 1 rings (SSSR count). The van der Waals surface area contributed by atoms with E-state index in [1.165, 1.54) is 0 Å². The second-order valence-electron chi connectivity index (χ2n) is 4.45. The SMILES string of the molecule is CCCC(C)(C)N1CCC(N)C1=O. The predicted molar refractivity (Wildman–Crippen MR) is 53.3 cm³/mol. The van der Waals surface area contributed by atoms with Crippen LogP contribution in [0.4, 0.5) is 0 Å². The highest BCUT2D eigenvalue weighted by atomic mass is 16.2. The van der Waals surface area contributed by atoms with Crippen LogP contribution < -0.4 is 5.73 Å². The third-order valence-electron chi connectivity index (χ3n) is 2.84. The zero-order valence-corrected chi connectivity index (χ0v) is 8.84. The Morgan fingerprint density at radius 3 is 2.62 bits per heavy atom. The molecule has 76 valence electrons. The van der Waals surface area contributed by atoms with Crippen LogP contribution in [0.3, 0.4) is 0 Å². The molecule has 0 spiro atoms. The minimum Gasteiger partial charge on any atom is -0.336 e. The average Bonchev–Trinajstić information content (AvgIpc) is 2.33. The Labute approximate surface area is 80.3 Å². The summed E-state index contributed by atoms with van der Waals surface area (Å²) in [5, 5.41) is 0. The van der Waals surface area contributed by atoms with E-state index in [0.717, 1.165) is 25.8 Å². The van der Waals surface area contributed by atoms with Gasteiger partial charge in [-0.1, -0.05) is 13.3 Å². The lowest BCUT2D eigenvalue weighted by molar-refractivity contribution is -0.133. The van der Waals surface area contributed by atoms with Gasteiger partial charge in [0.25, 0.3) is 0 Å². The first-order valence-electron chi connectivity index (χ1n) is 5.06. The molecule has 13 heavy (non-hydrogen) atoms. The number of likely N-dealkylation sites (tertiary alicyclic amines) is 1. The van der Waals surface area contributed by atoms with Crippen LogP contribution in [0.1, 0.15) is 40.0 Å². The highest BCUT2D eigenvalue weighted by molar-refractivity contribution is 5.84. The Kier molecular flexibility index (Phi) is 2.96. The van der Waals surface area contributed by atoms with Crippen molar-refractivity contribution in [1.82, 2.24) is 4.90 Å². The summed E-state index contributed by atoms with van der Waals surface area (Å²) >= 11 is 0. The van der Waals surface area contributed by atoms with Gasteiger partial charge in [0.05, 0.1) is 6.04 Å². The number of carbonyl (C=O) groups is 1. The van der Waals surface area contributed by atoms with Crippen LogP contribution >= 0.6 is 0 Å². The molecule has 0 saturated carbocycles. The molecule has 0 aromatic rings. The number of hydrogen-bond donors (Lipinski definition) is 1. The maximum atomic E-state index is 11.6. The molecule has 1 aliphatic rings. The van der Waals surface area contributed by atoms with E-state index in [4.69, 9.17) is 5.73 Å². The largest absolute Gasteiger partial charge is 0.336 e. The highest BCUT2D eigenvalue weighted by Crippen LogP contribution is 2.25. The van der Waals surface area contributed by atoms with Crippen molar-refractivity contribution in [3.05, 3.63) is 0 Å². The molecule has 1 fully saturated rings. The highest BCUT2D eigenvalue weighted by Gasteiger charge is 2.37. The number of carbonyl (C=O) groups excluding carboxylic acids is 1. The fourth-order valence-electron chi connectivity index (χ4n) is 2.05. The van der Waals surface area contributed by atoms with Gasteiger partial charge in [-0.2, -0.15) is 0 Å². The summed E-state index contributed by atoms with van der Waals surface area (Å²) < 4.78 is 0. The van der Waals surface area contributed by atoms with Crippen molar-refractivity contribution in [2.75, 3.05) is 6.54 Å². The monoisotopic (exact) mass is 184 g/mol. The lowest BCUT2D eigenvalue weighted by atomic mass is 9.97. The fourth-order valence-corrected chi connectivity index (χ4v) is 2.05. The predicted octanol–water partition coefficient (Wildman–Crippen LogP) is 1.12. The van der Waals surface area contributed by atoms with Crippen LogP contribution in [-0.2, 0) is 4.79 Å². The van der Waals surface area contributed by atoms with Crippen molar-refractivity contribution < 1.29 is 4.79 Å². The van der Waals surface area contributed by atoms with E-state index < -0.39 is 0 Å². The smallest absolute Gasteiger partial charge is 0.239 e. The van der Waals surface area contributed by atoms with Gasteiger partial charge in [0, 0.05) is 12.1 Å². The molecule has 2 N–H and O–H groups in total. The number of hydrogen-bond acceptors (Lipinski definition) is 2. The molecule has 1 amide bonds. The van der Waals surface area contributed by atoms with Crippen LogP contribution in [0.2, 0.25) is 0 Å². The van der Waals surface area contributed by atoms with Crippen molar-refractivity contribution in [2.24, 2.45) is 5.73 Å². The van der Waals surface area contributed by atoms with Crippen molar-refractivity contribution in [2.45, 2.75) is 51.6 Å². The second-order valence-corrected chi connectivity index (χ2v) is 4.45. The minimum absolute atomic E-state index is 0.0139. The molecule has 3 heteroatoms. The van der Waals surface area contributed by atoms with Crippen molar-refractivity contribution in [3.63, 3.8) is 0 Å². The van der Waals surface area contributed by atoms with E-state index in [0.29, 0.717) is 0 Å². The molecule has 1 heterocycles. The van der Waals surface area contributed by atoms with E-state index in [2.05, 4.69) is 20.8 Å². The standard InChI is InChI=1S/C10H20N2O/c1-4-6-10(2,3)12-7-5-8(11)9(12)13/h8H,4-7,11H2,1-3H3. The maximum absolute atomic E-state index is 11.6. The molecule has 0 aromatic carbocycles. The zero-order chi connectivity index (χ0) is 10.1. The van der Waals surface area contributed by atoms with Crippen LogP contribution in [0, 0.1) is 0 Å². The van der Waals surface area contributed by atoms with Gasteiger partial charge < -0.3 is 10.6 Å².